The summed E-state index contributed by atoms with van der Waals surface area (Å²) in [6, 6.07) is 16.3. The molecule has 154 valence electrons. The molecule has 1 fully saturated rings. The average Bonchev–Trinajstić information content (AvgIpc) is 3.14. The van der Waals surface area contributed by atoms with E-state index < -0.39 is 0 Å². The van der Waals surface area contributed by atoms with Gasteiger partial charge >= 0.3 is 0 Å². The number of benzene rings is 2. The van der Waals surface area contributed by atoms with Crippen LogP contribution in [0.3, 0.4) is 0 Å². The van der Waals surface area contributed by atoms with Crippen molar-refractivity contribution in [2.75, 3.05) is 57.9 Å². The molecule has 0 aromatic heterocycles. The molecular formula is C23H29N3O3. The van der Waals surface area contributed by atoms with Gasteiger partial charge in [-0.15, -0.1) is 0 Å². The van der Waals surface area contributed by atoms with Gasteiger partial charge in [0.15, 0.2) is 6.61 Å². The highest BCUT2D eigenvalue weighted by molar-refractivity contribution is 5.77. The Morgan fingerprint density at radius 3 is 2.72 bits per heavy atom. The number of fused-ring (bicyclic) bond motifs is 1. The zero-order valence-corrected chi connectivity index (χ0v) is 17.0. The van der Waals surface area contributed by atoms with Crippen molar-refractivity contribution < 1.29 is 14.3 Å². The van der Waals surface area contributed by atoms with Crippen LogP contribution < -0.4 is 15.0 Å². The predicted octanol–water partition coefficient (Wildman–Crippen LogP) is 2.25. The fraction of sp³-hybridized carbons (Fsp3) is 0.435. The zero-order chi connectivity index (χ0) is 20.1. The summed E-state index contributed by atoms with van der Waals surface area (Å²) in [5.74, 6) is 0.600. The summed E-state index contributed by atoms with van der Waals surface area (Å²) >= 11 is 0. The summed E-state index contributed by atoms with van der Waals surface area (Å²) in [5, 5.41) is 3.07. The van der Waals surface area contributed by atoms with E-state index >= 15 is 0 Å². The van der Waals surface area contributed by atoms with Crippen molar-refractivity contribution in [3.63, 3.8) is 0 Å². The van der Waals surface area contributed by atoms with E-state index in [-0.39, 0.29) is 18.6 Å². The minimum atomic E-state index is -0.104. The number of ether oxygens (including phenoxy) is 2. The van der Waals surface area contributed by atoms with Gasteiger partial charge in [0.2, 0.25) is 0 Å². The molecule has 0 aliphatic carbocycles. The quantitative estimate of drug-likeness (QED) is 0.779. The smallest absolute Gasteiger partial charge is 0.258 e. The minimum absolute atomic E-state index is 0.0226. The van der Waals surface area contributed by atoms with E-state index in [0.29, 0.717) is 12.3 Å². The van der Waals surface area contributed by atoms with Gasteiger partial charge in [-0.05, 0) is 35.7 Å². The first kappa shape index (κ1) is 19.7. The van der Waals surface area contributed by atoms with E-state index in [2.05, 4.69) is 40.4 Å². The Morgan fingerprint density at radius 1 is 1.14 bits per heavy atom. The Balaban J connectivity index is 1.41. The highest BCUT2D eigenvalue weighted by Gasteiger charge is 2.25. The molecule has 0 bridgehead atoms. The normalized spacial score (nSPS) is 17.6. The van der Waals surface area contributed by atoms with Crippen LogP contribution >= 0.6 is 0 Å². The van der Waals surface area contributed by atoms with Crippen molar-refractivity contribution in [3.8, 4) is 5.75 Å². The van der Waals surface area contributed by atoms with Gasteiger partial charge in [0.25, 0.3) is 5.91 Å². The summed E-state index contributed by atoms with van der Waals surface area (Å²) in [6.45, 7) is 4.86. The first-order chi connectivity index (χ1) is 14.2. The number of rotatable bonds is 7. The van der Waals surface area contributed by atoms with Crippen molar-refractivity contribution in [2.45, 2.75) is 12.5 Å². The Bertz CT molecular complexity index is 821. The molecule has 0 spiro atoms. The molecule has 0 radical (unpaired) electrons. The third-order valence-corrected chi connectivity index (χ3v) is 5.71. The number of hydrogen-bond acceptors (Lipinski definition) is 5. The lowest BCUT2D eigenvalue weighted by Crippen LogP contribution is -2.44. The van der Waals surface area contributed by atoms with Crippen LogP contribution in [0.5, 0.6) is 5.75 Å². The van der Waals surface area contributed by atoms with Crippen LogP contribution in [0, 0.1) is 0 Å². The van der Waals surface area contributed by atoms with Gasteiger partial charge in [0, 0.05) is 38.9 Å². The van der Waals surface area contributed by atoms with Crippen molar-refractivity contribution in [1.29, 1.82) is 0 Å². The lowest BCUT2D eigenvalue weighted by molar-refractivity contribution is -0.123. The Morgan fingerprint density at radius 2 is 1.93 bits per heavy atom. The number of para-hydroxylation sites is 1. The SMILES string of the molecule is CN1CCc2cc(C(CNC(=O)COc3ccccc3)N3CCOCC3)ccc21. The molecule has 1 atom stereocenters. The summed E-state index contributed by atoms with van der Waals surface area (Å²) in [4.78, 5) is 17.1. The first-order valence-electron chi connectivity index (χ1n) is 10.3. The third kappa shape index (κ3) is 4.89. The number of carbonyl (C=O) groups excluding carboxylic acids is 1. The van der Waals surface area contributed by atoms with Crippen LogP contribution in [0.2, 0.25) is 0 Å². The second kappa shape index (κ2) is 9.29. The van der Waals surface area contributed by atoms with E-state index in [4.69, 9.17) is 9.47 Å². The molecule has 29 heavy (non-hydrogen) atoms. The van der Waals surface area contributed by atoms with Gasteiger partial charge in [-0.3, -0.25) is 9.69 Å². The second-order valence-corrected chi connectivity index (χ2v) is 7.63. The largest absolute Gasteiger partial charge is 0.484 e. The van der Waals surface area contributed by atoms with E-state index in [1.165, 1.54) is 16.8 Å². The molecule has 2 heterocycles. The molecule has 1 amide bonds. The number of likely N-dealkylation sites (N-methyl/N-ethyl adjacent to an activating group) is 1. The lowest BCUT2D eigenvalue weighted by atomic mass is 10.0. The fourth-order valence-corrected chi connectivity index (χ4v) is 4.07. The molecule has 6 heteroatoms. The average molecular weight is 396 g/mol. The molecule has 1 unspecified atom stereocenters. The number of nitrogens with zero attached hydrogens (tertiary/aromatic N) is 2. The maximum absolute atomic E-state index is 12.4. The summed E-state index contributed by atoms with van der Waals surface area (Å²) < 4.78 is 11.1. The summed E-state index contributed by atoms with van der Waals surface area (Å²) in [7, 11) is 2.14. The van der Waals surface area contributed by atoms with Gasteiger partial charge < -0.3 is 19.7 Å². The van der Waals surface area contributed by atoms with Crippen LogP contribution in [0.15, 0.2) is 48.5 Å². The van der Waals surface area contributed by atoms with Crippen molar-refractivity contribution in [2.24, 2.45) is 0 Å². The molecular weight excluding hydrogens is 366 g/mol. The molecule has 2 aliphatic heterocycles. The number of morpholine rings is 1. The highest BCUT2D eigenvalue weighted by Crippen LogP contribution is 2.31. The van der Waals surface area contributed by atoms with Gasteiger partial charge in [0.1, 0.15) is 5.75 Å². The van der Waals surface area contributed by atoms with Crippen LogP contribution in [0.1, 0.15) is 17.2 Å². The summed E-state index contributed by atoms with van der Waals surface area (Å²) in [5.41, 5.74) is 3.96. The van der Waals surface area contributed by atoms with E-state index in [1.54, 1.807) is 0 Å². The number of amides is 1. The number of nitrogens with one attached hydrogen (secondary N) is 1. The number of carbonyl (C=O) groups is 1. The maximum atomic E-state index is 12.4. The van der Waals surface area contributed by atoms with E-state index in [0.717, 1.165) is 39.3 Å². The van der Waals surface area contributed by atoms with Gasteiger partial charge in [-0.2, -0.15) is 0 Å². The van der Waals surface area contributed by atoms with E-state index in [1.807, 2.05) is 30.3 Å². The highest BCUT2D eigenvalue weighted by atomic mass is 16.5. The number of anilines is 1. The van der Waals surface area contributed by atoms with Crippen LogP contribution in [0.25, 0.3) is 0 Å². The molecule has 2 aliphatic rings. The monoisotopic (exact) mass is 395 g/mol. The van der Waals surface area contributed by atoms with Crippen molar-refractivity contribution in [3.05, 3.63) is 59.7 Å². The second-order valence-electron chi connectivity index (χ2n) is 7.63. The van der Waals surface area contributed by atoms with Gasteiger partial charge in [0.05, 0.1) is 19.3 Å². The number of hydrogen-bond donors (Lipinski definition) is 1. The molecule has 6 nitrogen and oxygen atoms in total. The van der Waals surface area contributed by atoms with Crippen molar-refractivity contribution >= 4 is 11.6 Å². The minimum Gasteiger partial charge on any atom is -0.484 e. The van der Waals surface area contributed by atoms with Gasteiger partial charge in [-0.1, -0.05) is 30.3 Å². The standard InChI is InChI=1S/C23H29N3O3/c1-25-10-9-19-15-18(7-8-21(19)25)22(26-11-13-28-14-12-26)16-24-23(27)17-29-20-5-3-2-4-6-20/h2-8,15,22H,9-14,16-17H2,1H3,(H,24,27). The van der Waals surface area contributed by atoms with E-state index in [9.17, 15) is 4.79 Å². The zero-order valence-electron chi connectivity index (χ0n) is 17.0. The van der Waals surface area contributed by atoms with Crippen molar-refractivity contribution in [1.82, 2.24) is 10.2 Å². The van der Waals surface area contributed by atoms with Gasteiger partial charge in [-0.25, -0.2) is 0 Å². The predicted molar refractivity (Wildman–Crippen MR) is 113 cm³/mol. The molecule has 2 aromatic carbocycles. The molecule has 0 saturated carbocycles. The molecule has 1 saturated heterocycles. The van der Waals surface area contributed by atoms with Crippen LogP contribution in [0.4, 0.5) is 5.69 Å². The maximum Gasteiger partial charge on any atom is 0.258 e. The molecule has 4 rings (SSSR count). The Kier molecular flexibility index (Phi) is 6.32. The van der Waals surface area contributed by atoms with Crippen LogP contribution in [-0.2, 0) is 16.0 Å². The Hall–Kier alpha value is -2.57. The summed E-state index contributed by atoms with van der Waals surface area (Å²) in [6.07, 6.45) is 1.08. The molecule has 2 aromatic rings. The first-order valence-corrected chi connectivity index (χ1v) is 10.3. The van der Waals surface area contributed by atoms with Crippen LogP contribution in [-0.4, -0.2) is 63.9 Å². The molecule has 1 N–H and O–H groups in total. The Labute approximate surface area is 172 Å². The lowest BCUT2D eigenvalue weighted by Gasteiger charge is -2.35. The third-order valence-electron chi connectivity index (χ3n) is 5.71. The fourth-order valence-electron chi connectivity index (χ4n) is 4.07. The topological polar surface area (TPSA) is 54.0 Å².